The van der Waals surface area contributed by atoms with Gasteiger partial charge >= 0.3 is 0 Å². The minimum atomic E-state index is 0. The van der Waals surface area contributed by atoms with Gasteiger partial charge in [-0.3, -0.25) is 0 Å². The van der Waals surface area contributed by atoms with E-state index < -0.39 is 0 Å². The summed E-state index contributed by atoms with van der Waals surface area (Å²) in [6, 6.07) is 26.5. The highest BCUT2D eigenvalue weighted by Crippen LogP contribution is 2.33. The second-order valence-electron chi connectivity index (χ2n) is 5.59. The first-order chi connectivity index (χ1) is 11.7. The highest BCUT2D eigenvalue weighted by molar-refractivity contribution is 9.10. The molecule has 0 aliphatic rings. The summed E-state index contributed by atoms with van der Waals surface area (Å²) in [6.07, 6.45) is 0. The fraction of sp³-hybridized carbons (Fsp3) is 0. The van der Waals surface area contributed by atoms with Gasteiger partial charge in [0, 0.05) is 20.4 Å². The molecule has 0 saturated carbocycles. The molecule has 0 amide bonds. The first-order valence-electron chi connectivity index (χ1n) is 7.62. The lowest BCUT2D eigenvalue weighted by molar-refractivity contribution is -0.00000444. The molecule has 0 saturated heterocycles. The van der Waals surface area contributed by atoms with Crippen LogP contribution in [0.15, 0.2) is 83.3 Å². The number of pyridine rings is 1. The van der Waals surface area contributed by atoms with Crippen molar-refractivity contribution in [1.29, 1.82) is 0 Å². The fourth-order valence-electron chi connectivity index (χ4n) is 2.82. The average Bonchev–Trinajstić information content (AvgIpc) is 2.62. The van der Waals surface area contributed by atoms with Crippen molar-refractivity contribution in [3.05, 3.63) is 88.4 Å². The quantitative estimate of drug-likeness (QED) is 0.469. The standard InChI is InChI=1S/C21H13BrClN.ClH/c22-16-8-6-15(7-9-16)21-13-18(14-4-2-1-3-5-14)19-12-17(23)10-11-20(19)24-21;/h1-13H;1H/p-1. The molecule has 0 atom stereocenters. The van der Waals surface area contributed by atoms with E-state index >= 15 is 0 Å². The Morgan fingerprint density at radius 1 is 0.760 bits per heavy atom. The van der Waals surface area contributed by atoms with E-state index in [1.54, 1.807) is 0 Å². The van der Waals surface area contributed by atoms with Gasteiger partial charge in [0.05, 0.1) is 11.2 Å². The summed E-state index contributed by atoms with van der Waals surface area (Å²) in [4.78, 5) is 4.83. The summed E-state index contributed by atoms with van der Waals surface area (Å²) in [7, 11) is 0. The minimum Gasteiger partial charge on any atom is -1.00 e. The van der Waals surface area contributed by atoms with Crippen molar-refractivity contribution in [3.8, 4) is 22.4 Å². The molecule has 4 heteroatoms. The van der Waals surface area contributed by atoms with Crippen LogP contribution in [-0.4, -0.2) is 4.98 Å². The predicted octanol–water partition coefficient (Wildman–Crippen LogP) is 3.99. The molecule has 0 N–H and O–H groups in total. The van der Waals surface area contributed by atoms with Crippen LogP contribution >= 0.6 is 27.5 Å². The average molecular weight is 430 g/mol. The van der Waals surface area contributed by atoms with Crippen LogP contribution in [0.2, 0.25) is 5.02 Å². The van der Waals surface area contributed by atoms with Gasteiger partial charge in [-0.05, 0) is 47.5 Å². The second-order valence-corrected chi connectivity index (χ2v) is 6.94. The number of nitrogens with zero attached hydrogens (tertiary/aromatic N) is 1. The van der Waals surface area contributed by atoms with E-state index in [0.29, 0.717) is 0 Å². The van der Waals surface area contributed by atoms with Crippen LogP contribution < -0.4 is 12.4 Å². The molecule has 4 rings (SSSR count). The Hall–Kier alpha value is -1.87. The van der Waals surface area contributed by atoms with Gasteiger partial charge < -0.3 is 12.4 Å². The fourth-order valence-corrected chi connectivity index (χ4v) is 3.26. The Bertz CT molecular complexity index is 1020. The molecule has 0 aliphatic carbocycles. The van der Waals surface area contributed by atoms with Crippen LogP contribution in [0.3, 0.4) is 0 Å². The summed E-state index contributed by atoms with van der Waals surface area (Å²) in [5.41, 5.74) is 5.29. The first-order valence-corrected chi connectivity index (χ1v) is 8.79. The molecular weight excluding hydrogens is 417 g/mol. The first kappa shape index (κ1) is 17.9. The molecule has 3 aromatic carbocycles. The van der Waals surface area contributed by atoms with Gasteiger partial charge in [-0.1, -0.05) is 70.0 Å². The van der Waals surface area contributed by atoms with E-state index in [4.69, 9.17) is 16.6 Å². The van der Waals surface area contributed by atoms with Gasteiger partial charge in [0.1, 0.15) is 0 Å². The van der Waals surface area contributed by atoms with Crippen molar-refractivity contribution in [2.24, 2.45) is 0 Å². The Morgan fingerprint density at radius 2 is 1.48 bits per heavy atom. The van der Waals surface area contributed by atoms with Crippen molar-refractivity contribution in [1.82, 2.24) is 4.98 Å². The number of rotatable bonds is 2. The SMILES string of the molecule is Clc1ccc2nc(-c3ccc(Br)cc3)cc(-c3ccccc3)c2c1.[Cl-]. The Morgan fingerprint density at radius 3 is 2.20 bits per heavy atom. The van der Waals surface area contributed by atoms with Crippen LogP contribution in [0.1, 0.15) is 0 Å². The molecule has 124 valence electrons. The molecule has 1 nitrogen and oxygen atoms in total. The number of halogens is 3. The molecular formula is C21H13BrCl2N-. The number of hydrogen-bond acceptors (Lipinski definition) is 1. The predicted molar refractivity (Wildman–Crippen MR) is 105 cm³/mol. The van der Waals surface area contributed by atoms with Gasteiger partial charge in [-0.2, -0.15) is 0 Å². The second kappa shape index (κ2) is 7.57. The summed E-state index contributed by atoms with van der Waals surface area (Å²) in [5.74, 6) is 0. The number of hydrogen-bond donors (Lipinski definition) is 0. The zero-order chi connectivity index (χ0) is 16.5. The van der Waals surface area contributed by atoms with E-state index in [9.17, 15) is 0 Å². The molecule has 0 spiro atoms. The van der Waals surface area contributed by atoms with Crippen LogP contribution in [0.25, 0.3) is 33.3 Å². The maximum atomic E-state index is 6.22. The van der Waals surface area contributed by atoms with Crippen LogP contribution in [0, 0.1) is 0 Å². The maximum absolute atomic E-state index is 6.22. The van der Waals surface area contributed by atoms with E-state index in [2.05, 4.69) is 46.3 Å². The molecule has 1 heterocycles. The van der Waals surface area contributed by atoms with Crippen molar-refractivity contribution >= 4 is 38.4 Å². The molecule has 0 fully saturated rings. The van der Waals surface area contributed by atoms with Crippen molar-refractivity contribution in [3.63, 3.8) is 0 Å². The smallest absolute Gasteiger partial charge is 0.0716 e. The Labute approximate surface area is 166 Å². The molecule has 0 aliphatic heterocycles. The summed E-state index contributed by atoms with van der Waals surface area (Å²) in [6.45, 7) is 0. The molecule has 0 bridgehead atoms. The van der Waals surface area contributed by atoms with E-state index in [1.165, 1.54) is 0 Å². The largest absolute Gasteiger partial charge is 1.00 e. The topological polar surface area (TPSA) is 12.9 Å². The summed E-state index contributed by atoms with van der Waals surface area (Å²) >= 11 is 9.70. The van der Waals surface area contributed by atoms with Crippen LogP contribution in [0.4, 0.5) is 0 Å². The van der Waals surface area contributed by atoms with Gasteiger partial charge in [0.25, 0.3) is 0 Å². The third kappa shape index (κ3) is 3.72. The normalized spacial score (nSPS) is 10.5. The number of fused-ring (bicyclic) bond motifs is 1. The molecule has 4 aromatic rings. The third-order valence-electron chi connectivity index (χ3n) is 4.00. The lowest BCUT2D eigenvalue weighted by Gasteiger charge is -2.11. The lowest BCUT2D eigenvalue weighted by Crippen LogP contribution is -3.00. The molecule has 25 heavy (non-hydrogen) atoms. The highest BCUT2D eigenvalue weighted by atomic mass is 79.9. The molecule has 0 radical (unpaired) electrons. The van der Waals surface area contributed by atoms with Crippen LogP contribution in [0.5, 0.6) is 0 Å². The van der Waals surface area contributed by atoms with Crippen molar-refractivity contribution < 1.29 is 12.4 Å². The van der Waals surface area contributed by atoms with E-state index in [1.807, 2.05) is 48.5 Å². The summed E-state index contributed by atoms with van der Waals surface area (Å²) < 4.78 is 1.06. The Kier molecular flexibility index (Phi) is 5.43. The minimum absolute atomic E-state index is 0. The third-order valence-corrected chi connectivity index (χ3v) is 4.76. The van der Waals surface area contributed by atoms with Gasteiger partial charge in [0.15, 0.2) is 0 Å². The number of benzene rings is 3. The molecule has 0 unspecified atom stereocenters. The van der Waals surface area contributed by atoms with Crippen molar-refractivity contribution in [2.45, 2.75) is 0 Å². The van der Waals surface area contributed by atoms with Crippen LogP contribution in [-0.2, 0) is 0 Å². The lowest BCUT2D eigenvalue weighted by atomic mass is 9.98. The summed E-state index contributed by atoms with van der Waals surface area (Å²) in [5, 5.41) is 1.78. The molecule has 1 aromatic heterocycles. The van der Waals surface area contributed by atoms with Gasteiger partial charge in [-0.25, -0.2) is 4.98 Å². The van der Waals surface area contributed by atoms with E-state index in [0.717, 1.165) is 42.8 Å². The van der Waals surface area contributed by atoms with Gasteiger partial charge in [0.2, 0.25) is 0 Å². The Balaban J connectivity index is 0.00000182. The zero-order valence-corrected chi connectivity index (χ0v) is 16.2. The highest BCUT2D eigenvalue weighted by Gasteiger charge is 2.10. The van der Waals surface area contributed by atoms with Crippen molar-refractivity contribution in [2.75, 3.05) is 0 Å². The zero-order valence-electron chi connectivity index (χ0n) is 13.1. The van der Waals surface area contributed by atoms with E-state index in [-0.39, 0.29) is 12.4 Å². The maximum Gasteiger partial charge on any atom is 0.0716 e. The van der Waals surface area contributed by atoms with Gasteiger partial charge in [-0.15, -0.1) is 0 Å². The number of aromatic nitrogens is 1. The monoisotopic (exact) mass is 428 g/mol.